The van der Waals surface area contributed by atoms with Gasteiger partial charge in [-0.1, -0.05) is 0 Å². The van der Waals surface area contributed by atoms with Gasteiger partial charge in [-0.25, -0.2) is 4.39 Å². The highest BCUT2D eigenvalue weighted by Crippen LogP contribution is 2.24. The first-order valence-corrected chi connectivity index (χ1v) is 6.37. The highest BCUT2D eigenvalue weighted by molar-refractivity contribution is 5.98. The molecule has 1 fully saturated rings. The average molecular weight is 282 g/mol. The summed E-state index contributed by atoms with van der Waals surface area (Å²) in [4.78, 5) is 23.9. The van der Waals surface area contributed by atoms with E-state index in [1.165, 1.54) is 4.90 Å². The smallest absolute Gasteiger partial charge is 0.282 e. The number of benzene rings is 1. The van der Waals surface area contributed by atoms with Crippen LogP contribution in [0.25, 0.3) is 0 Å². The summed E-state index contributed by atoms with van der Waals surface area (Å²) in [5.41, 5.74) is -0.613. The lowest BCUT2D eigenvalue weighted by Crippen LogP contribution is -2.39. The van der Waals surface area contributed by atoms with Crippen LogP contribution in [0.15, 0.2) is 18.2 Å². The number of likely N-dealkylation sites (tertiary alicyclic amines) is 1. The number of halogens is 1. The number of hydrogen-bond acceptors (Lipinski definition) is 4. The van der Waals surface area contributed by atoms with Crippen LogP contribution in [0.3, 0.4) is 0 Å². The molecule has 2 rings (SSSR count). The molecule has 0 spiro atoms. The molecule has 1 N–H and O–H groups in total. The molecule has 0 atom stereocenters. The van der Waals surface area contributed by atoms with Crippen LogP contribution in [-0.4, -0.2) is 40.5 Å². The standard InChI is InChI=1S/C13H15FN2O4/c14-10-1-2-12(16(19)20)11(7-10)13(18)15-5-3-9(8-17)4-6-15/h1-2,7,9,17H,3-6,8H2. The molecule has 20 heavy (non-hydrogen) atoms. The summed E-state index contributed by atoms with van der Waals surface area (Å²) in [6.45, 7) is 0.900. The second kappa shape index (κ2) is 5.96. The minimum Gasteiger partial charge on any atom is -0.396 e. The Morgan fingerprint density at radius 3 is 2.65 bits per heavy atom. The number of rotatable bonds is 3. The zero-order valence-electron chi connectivity index (χ0n) is 10.8. The Morgan fingerprint density at radius 1 is 1.45 bits per heavy atom. The number of aliphatic hydroxyl groups excluding tert-OH is 1. The van der Waals surface area contributed by atoms with Gasteiger partial charge in [-0.2, -0.15) is 0 Å². The van der Waals surface area contributed by atoms with Crippen LogP contribution in [0.2, 0.25) is 0 Å². The maximum atomic E-state index is 13.2. The topological polar surface area (TPSA) is 83.7 Å². The van der Waals surface area contributed by atoms with E-state index in [1.54, 1.807) is 0 Å². The second-order valence-corrected chi connectivity index (χ2v) is 4.84. The molecule has 1 aliphatic rings. The zero-order chi connectivity index (χ0) is 14.7. The van der Waals surface area contributed by atoms with Crippen LogP contribution >= 0.6 is 0 Å². The molecular formula is C13H15FN2O4. The largest absolute Gasteiger partial charge is 0.396 e. The summed E-state index contributed by atoms with van der Waals surface area (Å²) in [6, 6.07) is 2.87. The molecule has 1 aromatic carbocycles. The van der Waals surface area contributed by atoms with Gasteiger partial charge < -0.3 is 10.0 Å². The fourth-order valence-corrected chi connectivity index (χ4v) is 2.33. The molecule has 0 unspecified atom stereocenters. The Balaban J connectivity index is 2.21. The maximum Gasteiger partial charge on any atom is 0.282 e. The van der Waals surface area contributed by atoms with E-state index in [0.717, 1.165) is 18.2 Å². The number of nitrogens with zero attached hydrogens (tertiary/aromatic N) is 2. The highest BCUT2D eigenvalue weighted by Gasteiger charge is 2.28. The third kappa shape index (κ3) is 2.93. The quantitative estimate of drug-likeness (QED) is 0.674. The Hall–Kier alpha value is -2.02. The Morgan fingerprint density at radius 2 is 2.10 bits per heavy atom. The number of piperidine rings is 1. The van der Waals surface area contributed by atoms with Crippen LogP contribution in [0.4, 0.5) is 10.1 Å². The van der Waals surface area contributed by atoms with E-state index in [9.17, 15) is 19.3 Å². The summed E-state index contributed by atoms with van der Waals surface area (Å²) < 4.78 is 13.2. The van der Waals surface area contributed by atoms with Crippen molar-refractivity contribution in [1.29, 1.82) is 0 Å². The second-order valence-electron chi connectivity index (χ2n) is 4.84. The molecule has 0 radical (unpaired) electrons. The molecule has 108 valence electrons. The van der Waals surface area contributed by atoms with E-state index < -0.39 is 16.6 Å². The molecular weight excluding hydrogens is 267 g/mol. The van der Waals surface area contributed by atoms with Crippen molar-refractivity contribution < 1.29 is 19.2 Å². The number of carbonyl (C=O) groups excluding carboxylic acids is 1. The minimum absolute atomic E-state index is 0.0716. The van der Waals surface area contributed by atoms with E-state index in [2.05, 4.69) is 0 Å². The Labute approximate surface area is 115 Å². The van der Waals surface area contributed by atoms with Gasteiger partial charge in [0.15, 0.2) is 0 Å². The van der Waals surface area contributed by atoms with E-state index in [1.807, 2.05) is 0 Å². The lowest BCUT2D eigenvalue weighted by atomic mass is 9.97. The van der Waals surface area contributed by atoms with Crippen LogP contribution in [0.5, 0.6) is 0 Å². The van der Waals surface area contributed by atoms with Gasteiger partial charge in [0, 0.05) is 25.8 Å². The van der Waals surface area contributed by atoms with Crippen LogP contribution in [-0.2, 0) is 0 Å². The number of amides is 1. The van der Waals surface area contributed by atoms with Crippen molar-refractivity contribution in [1.82, 2.24) is 4.90 Å². The van der Waals surface area contributed by atoms with Crippen LogP contribution in [0, 0.1) is 21.8 Å². The van der Waals surface area contributed by atoms with E-state index in [4.69, 9.17) is 5.11 Å². The SMILES string of the molecule is O=C(c1cc(F)ccc1[N+](=O)[O-])N1CCC(CO)CC1. The van der Waals surface area contributed by atoms with Gasteiger partial charge in [-0.05, 0) is 30.9 Å². The van der Waals surface area contributed by atoms with Crippen LogP contribution in [0.1, 0.15) is 23.2 Å². The molecule has 1 aromatic rings. The number of nitro benzene ring substituents is 1. The molecule has 0 aliphatic carbocycles. The van der Waals surface area contributed by atoms with Crippen molar-refractivity contribution >= 4 is 11.6 Å². The predicted octanol–water partition coefficient (Wildman–Crippen LogP) is 1.58. The lowest BCUT2D eigenvalue weighted by molar-refractivity contribution is -0.385. The highest BCUT2D eigenvalue weighted by atomic mass is 19.1. The van der Waals surface area contributed by atoms with Gasteiger partial charge in [-0.3, -0.25) is 14.9 Å². The monoisotopic (exact) mass is 282 g/mol. The van der Waals surface area contributed by atoms with Gasteiger partial charge >= 0.3 is 0 Å². The van der Waals surface area contributed by atoms with E-state index in [0.29, 0.717) is 25.9 Å². The first kappa shape index (κ1) is 14.4. The summed E-state index contributed by atoms with van der Waals surface area (Å²) in [5.74, 6) is -1.06. The predicted molar refractivity (Wildman–Crippen MR) is 68.8 cm³/mol. The molecule has 1 saturated heterocycles. The van der Waals surface area contributed by atoms with Gasteiger partial charge in [-0.15, -0.1) is 0 Å². The van der Waals surface area contributed by atoms with Crippen LogP contribution < -0.4 is 0 Å². The molecule has 0 bridgehead atoms. The van der Waals surface area contributed by atoms with Crippen molar-refractivity contribution in [2.24, 2.45) is 5.92 Å². The molecule has 6 nitrogen and oxygen atoms in total. The van der Waals surface area contributed by atoms with Gasteiger partial charge in [0.25, 0.3) is 11.6 Å². The van der Waals surface area contributed by atoms with Crippen molar-refractivity contribution in [3.8, 4) is 0 Å². The lowest BCUT2D eigenvalue weighted by Gasteiger charge is -2.31. The molecule has 0 saturated carbocycles. The van der Waals surface area contributed by atoms with Crippen molar-refractivity contribution in [3.63, 3.8) is 0 Å². The fraction of sp³-hybridized carbons (Fsp3) is 0.462. The maximum absolute atomic E-state index is 13.2. The molecule has 0 aromatic heterocycles. The summed E-state index contributed by atoms with van der Waals surface area (Å²) in [7, 11) is 0. The van der Waals surface area contributed by atoms with E-state index in [-0.39, 0.29) is 23.8 Å². The first-order valence-electron chi connectivity index (χ1n) is 6.37. The number of aliphatic hydroxyl groups is 1. The van der Waals surface area contributed by atoms with Crippen molar-refractivity contribution in [3.05, 3.63) is 39.7 Å². The number of hydrogen-bond donors (Lipinski definition) is 1. The molecule has 1 aliphatic heterocycles. The van der Waals surface area contributed by atoms with E-state index >= 15 is 0 Å². The van der Waals surface area contributed by atoms with Gasteiger partial charge in [0.05, 0.1) is 4.92 Å². The zero-order valence-corrected chi connectivity index (χ0v) is 10.8. The number of nitro groups is 1. The fourth-order valence-electron chi connectivity index (χ4n) is 2.33. The van der Waals surface area contributed by atoms with Gasteiger partial charge in [0.1, 0.15) is 11.4 Å². The number of carbonyl (C=O) groups is 1. The molecule has 1 heterocycles. The third-order valence-electron chi connectivity index (χ3n) is 3.55. The summed E-state index contributed by atoms with van der Waals surface area (Å²) >= 11 is 0. The molecule has 1 amide bonds. The summed E-state index contributed by atoms with van der Waals surface area (Å²) in [6.07, 6.45) is 1.29. The van der Waals surface area contributed by atoms with Gasteiger partial charge in [0.2, 0.25) is 0 Å². The average Bonchev–Trinajstić information content (AvgIpc) is 2.46. The van der Waals surface area contributed by atoms with Crippen molar-refractivity contribution in [2.75, 3.05) is 19.7 Å². The normalized spacial score (nSPS) is 16.2. The first-order chi connectivity index (χ1) is 9.52. The Bertz CT molecular complexity index is 527. The minimum atomic E-state index is -0.687. The molecule has 7 heteroatoms. The Kier molecular flexibility index (Phi) is 4.29. The van der Waals surface area contributed by atoms with Crippen molar-refractivity contribution in [2.45, 2.75) is 12.8 Å². The third-order valence-corrected chi connectivity index (χ3v) is 3.55. The summed E-state index contributed by atoms with van der Waals surface area (Å²) in [5, 5.41) is 19.9.